The third kappa shape index (κ3) is 2.43. The van der Waals surface area contributed by atoms with Gasteiger partial charge in [0.25, 0.3) is 0 Å². The topological polar surface area (TPSA) is 29.3 Å². The van der Waals surface area contributed by atoms with Crippen molar-refractivity contribution >= 4 is 0 Å². The molecule has 1 aromatic rings. The Bertz CT molecular complexity index is 421. The highest BCUT2D eigenvalue weighted by molar-refractivity contribution is 5.16. The molecule has 0 aromatic heterocycles. The van der Waals surface area contributed by atoms with E-state index in [0.29, 0.717) is 12.0 Å². The number of nitrogens with two attached hydrogens (primary N) is 1. The van der Waals surface area contributed by atoms with Crippen molar-refractivity contribution in [2.75, 3.05) is 13.1 Å². The summed E-state index contributed by atoms with van der Waals surface area (Å²) in [5.41, 5.74) is 7.28. The van der Waals surface area contributed by atoms with Gasteiger partial charge in [-0.15, -0.1) is 0 Å². The second kappa shape index (κ2) is 4.98. The van der Waals surface area contributed by atoms with Crippen molar-refractivity contribution in [1.82, 2.24) is 4.90 Å². The molecule has 2 nitrogen and oxygen atoms in total. The zero-order valence-corrected chi connectivity index (χ0v) is 10.7. The van der Waals surface area contributed by atoms with Crippen LogP contribution in [0.5, 0.6) is 0 Å². The van der Waals surface area contributed by atoms with Gasteiger partial charge in [-0.3, -0.25) is 4.90 Å². The summed E-state index contributed by atoms with van der Waals surface area (Å²) in [7, 11) is 0. The molecule has 3 rings (SSSR count). The number of nitrogens with zero attached hydrogens (tertiary/aromatic N) is 1. The van der Waals surface area contributed by atoms with Crippen molar-refractivity contribution in [3.8, 4) is 0 Å². The van der Waals surface area contributed by atoms with Gasteiger partial charge in [-0.05, 0) is 42.4 Å². The minimum absolute atomic E-state index is 0.138. The van der Waals surface area contributed by atoms with Gasteiger partial charge in [-0.25, -0.2) is 4.39 Å². The first-order valence-corrected chi connectivity index (χ1v) is 6.95. The highest BCUT2D eigenvalue weighted by Crippen LogP contribution is 2.35. The predicted molar refractivity (Wildman–Crippen MR) is 70.5 cm³/mol. The molecule has 2 N–H and O–H groups in total. The molecule has 1 aliphatic heterocycles. The van der Waals surface area contributed by atoms with Crippen LogP contribution >= 0.6 is 0 Å². The zero-order chi connectivity index (χ0) is 12.5. The Morgan fingerprint density at radius 1 is 1.28 bits per heavy atom. The van der Waals surface area contributed by atoms with E-state index in [0.717, 1.165) is 31.1 Å². The van der Waals surface area contributed by atoms with Gasteiger partial charge in [0, 0.05) is 25.7 Å². The monoisotopic (exact) mass is 248 g/mol. The van der Waals surface area contributed by atoms with E-state index < -0.39 is 0 Å². The van der Waals surface area contributed by atoms with Crippen LogP contribution in [-0.4, -0.2) is 24.0 Å². The number of hydrogen-bond acceptors (Lipinski definition) is 2. The lowest BCUT2D eigenvalue weighted by molar-refractivity contribution is 0.259. The van der Waals surface area contributed by atoms with Crippen molar-refractivity contribution in [3.05, 3.63) is 35.6 Å². The van der Waals surface area contributed by atoms with E-state index in [1.807, 2.05) is 6.07 Å². The maximum absolute atomic E-state index is 13.2. The SMILES string of the molecule is NC1CCCC2CN(Cc3cccc(F)c3)CC12. The van der Waals surface area contributed by atoms with E-state index in [1.165, 1.54) is 25.3 Å². The molecule has 3 heteroatoms. The van der Waals surface area contributed by atoms with Crippen LogP contribution < -0.4 is 5.73 Å². The Kier molecular flexibility index (Phi) is 3.35. The average molecular weight is 248 g/mol. The fraction of sp³-hybridized carbons (Fsp3) is 0.600. The van der Waals surface area contributed by atoms with E-state index in [1.54, 1.807) is 12.1 Å². The first kappa shape index (κ1) is 12.1. The highest BCUT2D eigenvalue weighted by atomic mass is 19.1. The molecule has 18 heavy (non-hydrogen) atoms. The van der Waals surface area contributed by atoms with E-state index >= 15 is 0 Å². The molecular weight excluding hydrogens is 227 g/mol. The lowest BCUT2D eigenvalue weighted by Gasteiger charge is -2.29. The van der Waals surface area contributed by atoms with Crippen LogP contribution in [0.25, 0.3) is 0 Å². The molecule has 3 unspecified atom stereocenters. The molecule has 1 saturated heterocycles. The van der Waals surface area contributed by atoms with E-state index in [9.17, 15) is 4.39 Å². The molecule has 98 valence electrons. The van der Waals surface area contributed by atoms with Crippen molar-refractivity contribution in [2.24, 2.45) is 17.6 Å². The quantitative estimate of drug-likeness (QED) is 0.870. The first-order valence-electron chi connectivity index (χ1n) is 6.95. The first-order chi connectivity index (χ1) is 8.72. The van der Waals surface area contributed by atoms with Gasteiger partial charge >= 0.3 is 0 Å². The maximum Gasteiger partial charge on any atom is 0.123 e. The molecule has 2 aliphatic rings. The second-order valence-electron chi connectivity index (χ2n) is 5.84. The Hall–Kier alpha value is -0.930. The number of fused-ring (bicyclic) bond motifs is 1. The van der Waals surface area contributed by atoms with Gasteiger partial charge in [0.15, 0.2) is 0 Å². The van der Waals surface area contributed by atoms with Gasteiger partial charge in [0.05, 0.1) is 0 Å². The standard InChI is InChI=1S/C15H21FN2/c16-13-5-1-3-11(7-13)8-18-9-12-4-2-6-15(17)14(12)10-18/h1,3,5,7,12,14-15H,2,4,6,8-10,17H2. The second-order valence-corrected chi connectivity index (χ2v) is 5.84. The molecule has 1 saturated carbocycles. The Morgan fingerprint density at radius 3 is 2.94 bits per heavy atom. The summed E-state index contributed by atoms with van der Waals surface area (Å²) in [6.45, 7) is 3.08. The summed E-state index contributed by atoms with van der Waals surface area (Å²) in [5.74, 6) is 1.29. The van der Waals surface area contributed by atoms with Crippen LogP contribution in [0.2, 0.25) is 0 Å². The van der Waals surface area contributed by atoms with Crippen LogP contribution in [-0.2, 0) is 6.54 Å². The minimum atomic E-state index is -0.138. The normalized spacial score (nSPS) is 32.4. The Labute approximate surface area is 108 Å². The van der Waals surface area contributed by atoms with E-state index in [4.69, 9.17) is 5.73 Å². The minimum Gasteiger partial charge on any atom is -0.327 e. The fourth-order valence-electron chi connectivity index (χ4n) is 3.63. The zero-order valence-electron chi connectivity index (χ0n) is 10.7. The smallest absolute Gasteiger partial charge is 0.123 e. The Morgan fingerprint density at radius 2 is 2.17 bits per heavy atom. The van der Waals surface area contributed by atoms with Gasteiger partial charge in [-0.1, -0.05) is 18.6 Å². The van der Waals surface area contributed by atoms with Crippen LogP contribution in [0.1, 0.15) is 24.8 Å². The summed E-state index contributed by atoms with van der Waals surface area (Å²) in [6.07, 6.45) is 3.77. The lowest BCUT2D eigenvalue weighted by Crippen LogP contribution is -2.38. The molecule has 1 aliphatic carbocycles. The summed E-state index contributed by atoms with van der Waals surface area (Å²) in [4.78, 5) is 2.44. The van der Waals surface area contributed by atoms with Crippen molar-refractivity contribution < 1.29 is 4.39 Å². The average Bonchev–Trinajstić information content (AvgIpc) is 2.73. The van der Waals surface area contributed by atoms with Crippen LogP contribution in [0.4, 0.5) is 4.39 Å². The molecule has 1 aromatic carbocycles. The number of hydrogen-bond donors (Lipinski definition) is 1. The molecule has 0 amide bonds. The van der Waals surface area contributed by atoms with Gasteiger partial charge in [0.1, 0.15) is 5.82 Å². The molecule has 3 atom stereocenters. The molecule has 1 heterocycles. The summed E-state index contributed by atoms with van der Waals surface area (Å²) < 4.78 is 13.2. The fourth-order valence-corrected chi connectivity index (χ4v) is 3.63. The van der Waals surface area contributed by atoms with Gasteiger partial charge in [0.2, 0.25) is 0 Å². The third-order valence-electron chi connectivity index (χ3n) is 4.52. The Balaban J connectivity index is 1.65. The highest BCUT2D eigenvalue weighted by Gasteiger charge is 2.38. The van der Waals surface area contributed by atoms with E-state index in [2.05, 4.69) is 4.90 Å². The van der Waals surface area contributed by atoms with Crippen molar-refractivity contribution in [3.63, 3.8) is 0 Å². The van der Waals surface area contributed by atoms with Crippen LogP contribution in [0.15, 0.2) is 24.3 Å². The maximum atomic E-state index is 13.2. The van der Waals surface area contributed by atoms with E-state index in [-0.39, 0.29) is 5.82 Å². The summed E-state index contributed by atoms with van der Waals surface area (Å²) >= 11 is 0. The molecule has 2 fully saturated rings. The van der Waals surface area contributed by atoms with Crippen LogP contribution in [0, 0.1) is 17.7 Å². The molecule has 0 radical (unpaired) electrons. The van der Waals surface area contributed by atoms with Crippen LogP contribution in [0.3, 0.4) is 0 Å². The number of likely N-dealkylation sites (tertiary alicyclic amines) is 1. The molecular formula is C15H21FN2. The summed E-state index contributed by atoms with van der Waals surface area (Å²) in [6, 6.07) is 7.32. The molecule has 0 bridgehead atoms. The number of halogens is 1. The predicted octanol–water partition coefficient (Wildman–Crippen LogP) is 2.38. The van der Waals surface area contributed by atoms with Crippen molar-refractivity contribution in [2.45, 2.75) is 31.8 Å². The number of rotatable bonds is 2. The lowest BCUT2D eigenvalue weighted by atomic mass is 9.78. The summed E-state index contributed by atoms with van der Waals surface area (Å²) in [5, 5.41) is 0. The van der Waals surface area contributed by atoms with Crippen molar-refractivity contribution in [1.29, 1.82) is 0 Å². The molecule has 0 spiro atoms. The number of benzene rings is 1. The largest absolute Gasteiger partial charge is 0.327 e. The third-order valence-corrected chi connectivity index (χ3v) is 4.52. The van der Waals surface area contributed by atoms with Gasteiger partial charge in [-0.2, -0.15) is 0 Å². The van der Waals surface area contributed by atoms with Gasteiger partial charge < -0.3 is 5.73 Å².